The number of carbonyl (C=O) groups is 2. The number of methoxy groups -OCH3 is 2. The van der Waals surface area contributed by atoms with Gasteiger partial charge in [0.2, 0.25) is 11.8 Å². The molecule has 0 radical (unpaired) electrons. The van der Waals surface area contributed by atoms with Gasteiger partial charge in [0.25, 0.3) is 0 Å². The van der Waals surface area contributed by atoms with Gasteiger partial charge in [-0.1, -0.05) is 18.5 Å². The van der Waals surface area contributed by atoms with Crippen LogP contribution in [0.1, 0.15) is 33.6 Å². The van der Waals surface area contributed by atoms with Crippen molar-refractivity contribution in [2.24, 2.45) is 11.3 Å². The highest BCUT2D eigenvalue weighted by Crippen LogP contribution is 2.37. The highest BCUT2D eigenvalue weighted by Gasteiger charge is 2.40. The fourth-order valence-electron chi connectivity index (χ4n) is 2.94. The standard InChI is InChI=1S/C19H27ClN2O4/c1-12-6-8-22(9-7-12)18(24)19(2,3)17(23)21-14-11-15(25-4)13(20)10-16(14)26-5/h10-12H,6-9H2,1-5H3,(H,21,23). The van der Waals surface area contributed by atoms with Gasteiger partial charge in [-0.15, -0.1) is 0 Å². The molecule has 1 saturated heterocycles. The Balaban J connectivity index is 2.18. The summed E-state index contributed by atoms with van der Waals surface area (Å²) in [5.74, 6) is 0.864. The number of nitrogens with zero attached hydrogens (tertiary/aromatic N) is 1. The van der Waals surface area contributed by atoms with Crippen LogP contribution in [0.15, 0.2) is 12.1 Å². The lowest BCUT2D eigenvalue weighted by Crippen LogP contribution is -2.49. The van der Waals surface area contributed by atoms with Gasteiger partial charge in [-0.3, -0.25) is 9.59 Å². The molecule has 0 bridgehead atoms. The maximum absolute atomic E-state index is 12.9. The van der Waals surface area contributed by atoms with Crippen molar-refractivity contribution in [2.45, 2.75) is 33.6 Å². The van der Waals surface area contributed by atoms with E-state index in [1.54, 1.807) is 30.9 Å². The number of piperidine rings is 1. The molecule has 0 atom stereocenters. The van der Waals surface area contributed by atoms with Crippen molar-refractivity contribution in [2.75, 3.05) is 32.6 Å². The minimum absolute atomic E-state index is 0.165. The monoisotopic (exact) mass is 382 g/mol. The molecule has 0 aromatic heterocycles. The third-order valence-electron chi connectivity index (χ3n) is 4.90. The number of amides is 2. The first-order valence-corrected chi connectivity index (χ1v) is 9.10. The number of nitrogens with one attached hydrogen (secondary N) is 1. The van der Waals surface area contributed by atoms with E-state index in [4.69, 9.17) is 21.1 Å². The number of halogens is 1. The van der Waals surface area contributed by atoms with Gasteiger partial charge in [0.15, 0.2) is 0 Å². The summed E-state index contributed by atoms with van der Waals surface area (Å²) in [6, 6.07) is 3.15. The van der Waals surface area contributed by atoms with E-state index in [2.05, 4.69) is 12.2 Å². The van der Waals surface area contributed by atoms with Crippen molar-refractivity contribution in [1.29, 1.82) is 0 Å². The molecule has 0 spiro atoms. The summed E-state index contributed by atoms with van der Waals surface area (Å²) < 4.78 is 10.5. The molecule has 1 aromatic rings. The first-order chi connectivity index (χ1) is 12.2. The number of rotatable bonds is 5. The van der Waals surface area contributed by atoms with Crippen molar-refractivity contribution in [3.05, 3.63) is 17.2 Å². The molecule has 0 unspecified atom stereocenters. The maximum atomic E-state index is 12.9. The van der Waals surface area contributed by atoms with Crippen molar-refractivity contribution in [3.8, 4) is 11.5 Å². The Labute approximate surface area is 159 Å². The zero-order valence-electron chi connectivity index (χ0n) is 16.0. The highest BCUT2D eigenvalue weighted by molar-refractivity contribution is 6.32. The summed E-state index contributed by atoms with van der Waals surface area (Å²) in [6.45, 7) is 6.84. The van der Waals surface area contributed by atoms with Gasteiger partial charge in [-0.05, 0) is 32.6 Å². The summed E-state index contributed by atoms with van der Waals surface area (Å²) in [6.07, 6.45) is 1.93. The van der Waals surface area contributed by atoms with Crippen LogP contribution in [0.3, 0.4) is 0 Å². The van der Waals surface area contributed by atoms with Crippen molar-refractivity contribution < 1.29 is 19.1 Å². The van der Waals surface area contributed by atoms with Gasteiger partial charge in [-0.2, -0.15) is 0 Å². The van der Waals surface area contributed by atoms with E-state index in [0.29, 0.717) is 41.2 Å². The summed E-state index contributed by atoms with van der Waals surface area (Å²) >= 11 is 6.09. The molecule has 2 amide bonds. The van der Waals surface area contributed by atoms with E-state index in [0.717, 1.165) is 12.8 Å². The molecule has 1 heterocycles. The molecule has 2 rings (SSSR count). The van der Waals surface area contributed by atoms with Gasteiger partial charge in [-0.25, -0.2) is 0 Å². The van der Waals surface area contributed by atoms with Gasteiger partial charge < -0.3 is 19.7 Å². The fraction of sp³-hybridized carbons (Fsp3) is 0.579. The molecule has 1 aliphatic rings. The number of anilines is 1. The summed E-state index contributed by atoms with van der Waals surface area (Å²) in [5, 5.41) is 3.16. The average Bonchev–Trinajstić information content (AvgIpc) is 2.62. The van der Waals surface area contributed by atoms with E-state index >= 15 is 0 Å². The normalized spacial score (nSPS) is 15.5. The van der Waals surface area contributed by atoms with Crippen LogP contribution < -0.4 is 14.8 Å². The first kappa shape index (κ1) is 20.4. The smallest absolute Gasteiger partial charge is 0.239 e. The first-order valence-electron chi connectivity index (χ1n) is 8.73. The summed E-state index contributed by atoms with van der Waals surface area (Å²) in [5.41, 5.74) is -0.787. The molecule has 6 nitrogen and oxygen atoms in total. The molecule has 1 fully saturated rings. The third kappa shape index (κ3) is 4.23. The summed E-state index contributed by atoms with van der Waals surface area (Å²) in [7, 11) is 2.98. The second-order valence-corrected chi connectivity index (χ2v) is 7.65. The Morgan fingerprint density at radius 3 is 2.27 bits per heavy atom. The minimum Gasteiger partial charge on any atom is -0.495 e. The topological polar surface area (TPSA) is 67.9 Å². The van der Waals surface area contributed by atoms with Crippen LogP contribution in [0.2, 0.25) is 5.02 Å². The zero-order chi connectivity index (χ0) is 19.5. The third-order valence-corrected chi connectivity index (χ3v) is 5.19. The molecular formula is C19H27ClN2O4. The van der Waals surface area contributed by atoms with Gasteiger partial charge in [0, 0.05) is 25.2 Å². The average molecular weight is 383 g/mol. The highest BCUT2D eigenvalue weighted by atomic mass is 35.5. The fourth-order valence-corrected chi connectivity index (χ4v) is 3.17. The van der Waals surface area contributed by atoms with Crippen molar-refractivity contribution >= 4 is 29.1 Å². The molecule has 26 heavy (non-hydrogen) atoms. The Bertz CT molecular complexity index is 682. The number of carbonyl (C=O) groups excluding carboxylic acids is 2. The van der Waals surface area contributed by atoms with Crippen LogP contribution in [0.5, 0.6) is 11.5 Å². The number of likely N-dealkylation sites (tertiary alicyclic amines) is 1. The molecule has 1 aromatic carbocycles. The molecular weight excluding hydrogens is 356 g/mol. The van der Waals surface area contributed by atoms with Crippen LogP contribution in [-0.4, -0.2) is 44.0 Å². The molecule has 0 saturated carbocycles. The summed E-state index contributed by atoms with van der Waals surface area (Å²) in [4.78, 5) is 27.5. The SMILES string of the molecule is COc1cc(NC(=O)C(C)(C)C(=O)N2CCC(C)CC2)c(OC)cc1Cl. The lowest BCUT2D eigenvalue weighted by molar-refractivity contribution is -0.147. The van der Waals surface area contributed by atoms with Gasteiger partial charge in [0.1, 0.15) is 16.9 Å². The lowest BCUT2D eigenvalue weighted by atomic mass is 9.88. The van der Waals surface area contributed by atoms with Crippen LogP contribution in [0.4, 0.5) is 5.69 Å². The van der Waals surface area contributed by atoms with Crippen molar-refractivity contribution in [3.63, 3.8) is 0 Å². The maximum Gasteiger partial charge on any atom is 0.239 e. The van der Waals surface area contributed by atoms with Gasteiger partial charge >= 0.3 is 0 Å². The Hall–Kier alpha value is -1.95. The van der Waals surface area contributed by atoms with Crippen LogP contribution >= 0.6 is 11.6 Å². The van der Waals surface area contributed by atoms with Crippen molar-refractivity contribution in [1.82, 2.24) is 4.90 Å². The lowest BCUT2D eigenvalue weighted by Gasteiger charge is -2.35. The predicted octanol–water partition coefficient (Wildman–Crippen LogP) is 3.58. The Morgan fingerprint density at radius 2 is 1.73 bits per heavy atom. The van der Waals surface area contributed by atoms with Gasteiger partial charge in [0.05, 0.1) is 24.9 Å². The number of hydrogen-bond donors (Lipinski definition) is 1. The second kappa shape index (κ2) is 8.16. The van der Waals surface area contributed by atoms with E-state index in [1.807, 2.05) is 0 Å². The zero-order valence-corrected chi connectivity index (χ0v) is 16.8. The van der Waals surface area contributed by atoms with Crippen LogP contribution in [0.25, 0.3) is 0 Å². The largest absolute Gasteiger partial charge is 0.495 e. The molecule has 7 heteroatoms. The second-order valence-electron chi connectivity index (χ2n) is 7.24. The minimum atomic E-state index is -1.20. The quantitative estimate of drug-likeness (QED) is 0.790. The number of ether oxygens (including phenoxy) is 2. The van der Waals surface area contributed by atoms with E-state index in [-0.39, 0.29) is 5.91 Å². The van der Waals surface area contributed by atoms with E-state index in [9.17, 15) is 9.59 Å². The molecule has 1 N–H and O–H groups in total. The molecule has 0 aliphatic carbocycles. The molecule has 144 valence electrons. The number of benzene rings is 1. The predicted molar refractivity (Wildman–Crippen MR) is 102 cm³/mol. The Morgan fingerprint density at radius 1 is 1.15 bits per heavy atom. The van der Waals surface area contributed by atoms with E-state index in [1.165, 1.54) is 14.2 Å². The number of hydrogen-bond acceptors (Lipinski definition) is 4. The Kier molecular flexibility index (Phi) is 6.39. The van der Waals surface area contributed by atoms with Crippen LogP contribution in [0, 0.1) is 11.3 Å². The van der Waals surface area contributed by atoms with Crippen LogP contribution in [-0.2, 0) is 9.59 Å². The molecule has 1 aliphatic heterocycles. The van der Waals surface area contributed by atoms with E-state index < -0.39 is 11.3 Å².